The second kappa shape index (κ2) is 6.21. The van der Waals surface area contributed by atoms with Gasteiger partial charge in [-0.25, -0.2) is 4.79 Å². The molecule has 7 heteroatoms. The first-order valence-electron chi connectivity index (χ1n) is 9.19. The van der Waals surface area contributed by atoms with Crippen LogP contribution >= 0.6 is 11.6 Å². The molecule has 28 heavy (non-hydrogen) atoms. The van der Waals surface area contributed by atoms with Crippen LogP contribution in [0.5, 0.6) is 0 Å². The highest BCUT2D eigenvalue weighted by molar-refractivity contribution is 6.30. The maximum absolute atomic E-state index is 13.2. The lowest BCUT2D eigenvalue weighted by atomic mass is 9.69. The number of carbonyl (C=O) groups excluding carboxylic acids is 1. The number of fused-ring (bicyclic) bond motifs is 1. The van der Waals surface area contributed by atoms with Crippen LogP contribution < -0.4 is 16.6 Å². The van der Waals surface area contributed by atoms with E-state index in [1.807, 2.05) is 26.0 Å². The zero-order chi connectivity index (χ0) is 20.4. The van der Waals surface area contributed by atoms with Gasteiger partial charge in [-0.1, -0.05) is 37.6 Å². The smallest absolute Gasteiger partial charge is 0.332 e. The lowest BCUT2D eigenvalue weighted by molar-refractivity contribution is -0.118. The van der Waals surface area contributed by atoms with Gasteiger partial charge in [0.25, 0.3) is 5.56 Å². The second-order valence-corrected chi connectivity index (χ2v) is 8.85. The van der Waals surface area contributed by atoms with Crippen LogP contribution in [0.25, 0.3) is 0 Å². The maximum Gasteiger partial charge on any atom is 0.332 e. The summed E-state index contributed by atoms with van der Waals surface area (Å²) in [5, 5.41) is 3.84. The third-order valence-electron chi connectivity index (χ3n) is 5.67. The molecule has 0 amide bonds. The predicted octanol–water partition coefficient (Wildman–Crippen LogP) is 2.94. The summed E-state index contributed by atoms with van der Waals surface area (Å²) in [6, 6.07) is 7.18. The molecule has 0 fully saturated rings. The van der Waals surface area contributed by atoms with E-state index in [0.29, 0.717) is 34.8 Å². The van der Waals surface area contributed by atoms with Gasteiger partial charge in [0, 0.05) is 42.7 Å². The van der Waals surface area contributed by atoms with Crippen molar-refractivity contribution in [1.29, 1.82) is 0 Å². The molecule has 2 heterocycles. The fourth-order valence-corrected chi connectivity index (χ4v) is 4.46. The molecule has 2 aromatic rings. The van der Waals surface area contributed by atoms with Gasteiger partial charge in [0.05, 0.1) is 5.56 Å². The van der Waals surface area contributed by atoms with Crippen molar-refractivity contribution >= 4 is 23.2 Å². The molecule has 1 aromatic heterocycles. The number of nitrogens with one attached hydrogen (secondary N) is 1. The fourth-order valence-electron chi connectivity index (χ4n) is 4.34. The highest BCUT2D eigenvalue weighted by Crippen LogP contribution is 2.47. The van der Waals surface area contributed by atoms with Gasteiger partial charge in [-0.05, 0) is 29.5 Å². The van der Waals surface area contributed by atoms with Crippen LogP contribution in [-0.2, 0) is 18.9 Å². The van der Waals surface area contributed by atoms with Gasteiger partial charge in [0.15, 0.2) is 5.78 Å². The lowest BCUT2D eigenvalue weighted by Gasteiger charge is -2.39. The first-order chi connectivity index (χ1) is 13.1. The van der Waals surface area contributed by atoms with Crippen LogP contribution in [0, 0.1) is 5.41 Å². The summed E-state index contributed by atoms with van der Waals surface area (Å²) < 4.78 is 2.53. The number of nitrogens with zero attached hydrogens (tertiary/aromatic N) is 2. The number of aromatic nitrogens is 2. The third kappa shape index (κ3) is 2.75. The van der Waals surface area contributed by atoms with Gasteiger partial charge in [0.2, 0.25) is 0 Å². The van der Waals surface area contributed by atoms with E-state index in [1.165, 1.54) is 11.6 Å². The maximum atomic E-state index is 13.2. The molecule has 0 spiro atoms. The summed E-state index contributed by atoms with van der Waals surface area (Å²) in [5.41, 5.74) is 1.64. The number of ketones is 1. The minimum absolute atomic E-state index is 0.0280. The third-order valence-corrected chi connectivity index (χ3v) is 5.92. The summed E-state index contributed by atoms with van der Waals surface area (Å²) in [6.07, 6.45) is 1.08. The van der Waals surface area contributed by atoms with Crippen LogP contribution in [0.15, 0.2) is 45.1 Å². The number of anilines is 1. The van der Waals surface area contributed by atoms with E-state index in [-0.39, 0.29) is 11.2 Å². The Balaban J connectivity index is 2.07. The minimum atomic E-state index is -0.530. The van der Waals surface area contributed by atoms with Crippen LogP contribution in [-0.4, -0.2) is 14.9 Å². The predicted molar refractivity (Wildman–Crippen MR) is 109 cm³/mol. The number of benzene rings is 1. The number of allylic oxidation sites excluding steroid dienone is 2. The average Bonchev–Trinajstić information content (AvgIpc) is 2.63. The van der Waals surface area contributed by atoms with Crippen molar-refractivity contribution < 1.29 is 4.79 Å². The number of halogens is 1. The van der Waals surface area contributed by atoms with E-state index in [9.17, 15) is 14.4 Å². The fraction of sp³-hybridized carbons (Fsp3) is 0.381. The molecule has 0 bridgehead atoms. The standard InChI is InChI=1S/C21H22ClN3O3/c1-21(2)9-13-16(14(26)10-21)15(11-5-7-12(22)8-6-11)17-18(23-13)24(3)20(28)25(4)19(17)27/h5-8,15,23H,9-10H2,1-4H3/t15-/m0/s1. The lowest BCUT2D eigenvalue weighted by Crippen LogP contribution is -2.45. The Hall–Kier alpha value is -2.60. The van der Waals surface area contributed by atoms with E-state index in [1.54, 1.807) is 19.2 Å². The molecule has 1 aliphatic heterocycles. The summed E-state index contributed by atoms with van der Waals surface area (Å²) in [5.74, 6) is -0.0461. The normalized spacial score (nSPS) is 20.5. The van der Waals surface area contributed by atoms with Crippen molar-refractivity contribution in [2.24, 2.45) is 19.5 Å². The Labute approximate surface area is 167 Å². The highest BCUT2D eigenvalue weighted by atomic mass is 35.5. The van der Waals surface area contributed by atoms with Crippen molar-refractivity contribution in [3.63, 3.8) is 0 Å². The minimum Gasteiger partial charge on any atom is -0.344 e. The van der Waals surface area contributed by atoms with Gasteiger partial charge in [-0.2, -0.15) is 0 Å². The van der Waals surface area contributed by atoms with Gasteiger partial charge in [0.1, 0.15) is 5.82 Å². The summed E-state index contributed by atoms with van der Waals surface area (Å²) in [4.78, 5) is 38.7. The van der Waals surface area contributed by atoms with E-state index in [0.717, 1.165) is 15.8 Å². The first-order valence-corrected chi connectivity index (χ1v) is 9.57. The Morgan fingerprint density at radius 3 is 2.32 bits per heavy atom. The van der Waals surface area contributed by atoms with Gasteiger partial charge < -0.3 is 5.32 Å². The van der Waals surface area contributed by atoms with E-state index >= 15 is 0 Å². The molecule has 4 rings (SSSR count). The van der Waals surface area contributed by atoms with E-state index < -0.39 is 17.2 Å². The van der Waals surface area contributed by atoms with Crippen molar-refractivity contribution in [1.82, 2.24) is 9.13 Å². The molecular weight excluding hydrogens is 378 g/mol. The van der Waals surface area contributed by atoms with Crippen LogP contribution in [0.3, 0.4) is 0 Å². The van der Waals surface area contributed by atoms with Gasteiger partial charge >= 0.3 is 5.69 Å². The summed E-state index contributed by atoms with van der Waals surface area (Å²) in [6.45, 7) is 4.10. The van der Waals surface area contributed by atoms with Crippen LogP contribution in [0.2, 0.25) is 5.02 Å². The molecule has 6 nitrogen and oxygen atoms in total. The zero-order valence-corrected chi connectivity index (χ0v) is 17.1. The van der Waals surface area contributed by atoms with Crippen molar-refractivity contribution in [3.8, 4) is 0 Å². The number of Topliss-reactive ketones (excluding diaryl/α,β-unsaturated/α-hetero) is 1. The Bertz CT molecular complexity index is 1150. The van der Waals surface area contributed by atoms with Gasteiger partial charge in [-0.3, -0.25) is 18.7 Å². The SMILES string of the molecule is Cn1c2c(c(=O)n(C)c1=O)[C@@H](c1ccc(Cl)cc1)C1=C(CC(C)(C)CC1=O)N2. The van der Waals surface area contributed by atoms with Crippen LogP contribution in [0.1, 0.15) is 43.7 Å². The van der Waals surface area contributed by atoms with Gasteiger partial charge in [-0.15, -0.1) is 0 Å². The number of carbonyl (C=O) groups is 1. The number of hydrogen-bond donors (Lipinski definition) is 1. The molecule has 1 atom stereocenters. The quantitative estimate of drug-likeness (QED) is 0.800. The number of rotatable bonds is 1. The Morgan fingerprint density at radius 1 is 1.04 bits per heavy atom. The molecule has 1 N–H and O–H groups in total. The monoisotopic (exact) mass is 399 g/mol. The van der Waals surface area contributed by atoms with E-state index in [2.05, 4.69) is 5.32 Å². The molecule has 1 aliphatic carbocycles. The first kappa shape index (κ1) is 18.7. The largest absolute Gasteiger partial charge is 0.344 e. The number of hydrogen-bond acceptors (Lipinski definition) is 4. The Morgan fingerprint density at radius 2 is 1.68 bits per heavy atom. The second-order valence-electron chi connectivity index (χ2n) is 8.41. The zero-order valence-electron chi connectivity index (χ0n) is 16.3. The molecule has 0 radical (unpaired) electrons. The van der Waals surface area contributed by atoms with Crippen molar-refractivity contribution in [2.45, 2.75) is 32.6 Å². The highest BCUT2D eigenvalue weighted by Gasteiger charge is 2.42. The van der Waals surface area contributed by atoms with Crippen molar-refractivity contribution in [2.75, 3.05) is 5.32 Å². The molecule has 0 unspecified atom stereocenters. The molecule has 146 valence electrons. The summed E-state index contributed by atoms with van der Waals surface area (Å²) in [7, 11) is 3.09. The van der Waals surface area contributed by atoms with Crippen LogP contribution in [0.4, 0.5) is 5.82 Å². The molecule has 2 aliphatic rings. The topological polar surface area (TPSA) is 73.1 Å². The molecule has 1 aromatic carbocycles. The van der Waals surface area contributed by atoms with Crippen molar-refractivity contribution in [3.05, 3.63) is 72.5 Å². The van der Waals surface area contributed by atoms with E-state index in [4.69, 9.17) is 11.6 Å². The molecular formula is C21H22ClN3O3. The average molecular weight is 400 g/mol. The Kier molecular flexibility index (Phi) is 4.16. The molecule has 0 saturated heterocycles. The summed E-state index contributed by atoms with van der Waals surface area (Å²) >= 11 is 6.05. The molecule has 0 saturated carbocycles.